The number of tetrazole rings is 1. The smallest absolute Gasteiger partial charge is 0.205 e. The fourth-order valence-electron chi connectivity index (χ4n) is 2.50. The second-order valence-electron chi connectivity index (χ2n) is 6.96. The van der Waals surface area contributed by atoms with Crippen LogP contribution in [0.4, 0.5) is 0 Å². The van der Waals surface area contributed by atoms with Crippen molar-refractivity contribution in [3.63, 3.8) is 0 Å². The van der Waals surface area contributed by atoms with Crippen molar-refractivity contribution in [2.24, 2.45) is 0 Å². The highest BCUT2D eigenvalue weighted by Gasteiger charge is 2.31. The highest BCUT2D eigenvalue weighted by molar-refractivity contribution is 7.10. The molecule has 0 unspecified atom stereocenters. The first-order valence-electron chi connectivity index (χ1n) is 6.77. The predicted molar refractivity (Wildman–Crippen MR) is 82.5 cm³/mol. The summed E-state index contributed by atoms with van der Waals surface area (Å²) in [7, 11) is 0. The van der Waals surface area contributed by atoms with E-state index in [0.717, 1.165) is 12.1 Å². The van der Waals surface area contributed by atoms with E-state index in [1.54, 1.807) is 11.3 Å². The van der Waals surface area contributed by atoms with E-state index < -0.39 is 0 Å². The quantitative estimate of drug-likeness (QED) is 0.943. The lowest BCUT2D eigenvalue weighted by Crippen LogP contribution is -2.51. The van der Waals surface area contributed by atoms with Crippen molar-refractivity contribution >= 4 is 11.3 Å². The number of H-pyrrole nitrogens is 1. The summed E-state index contributed by atoms with van der Waals surface area (Å²) in [6, 6.07) is 2.15. The minimum Gasteiger partial charge on any atom is -0.289 e. The van der Waals surface area contributed by atoms with Crippen LogP contribution in [-0.2, 0) is 6.54 Å². The summed E-state index contributed by atoms with van der Waals surface area (Å²) < 4.78 is 0. The number of hydrogen-bond donors (Lipinski definition) is 1. The zero-order valence-electron chi connectivity index (χ0n) is 13.1. The van der Waals surface area contributed by atoms with E-state index in [-0.39, 0.29) is 11.1 Å². The Kier molecular flexibility index (Phi) is 3.97. The third-order valence-corrected chi connectivity index (χ3v) is 4.11. The Bertz CT molecular complexity index is 531. The molecule has 1 N–H and O–H groups in total. The van der Waals surface area contributed by atoms with Crippen molar-refractivity contribution in [2.45, 2.75) is 59.2 Å². The van der Waals surface area contributed by atoms with Crippen molar-refractivity contribution in [3.8, 4) is 11.4 Å². The average molecular weight is 293 g/mol. The maximum absolute atomic E-state index is 4.02. The highest BCUT2D eigenvalue weighted by Crippen LogP contribution is 2.30. The lowest BCUT2D eigenvalue weighted by Gasteiger charge is -2.45. The van der Waals surface area contributed by atoms with E-state index >= 15 is 0 Å². The maximum Gasteiger partial charge on any atom is 0.205 e. The zero-order chi connectivity index (χ0) is 15.0. The van der Waals surface area contributed by atoms with Gasteiger partial charge in [0.1, 0.15) is 0 Å². The Morgan fingerprint density at radius 1 is 1.15 bits per heavy atom. The van der Waals surface area contributed by atoms with Gasteiger partial charge in [-0.1, -0.05) is 0 Å². The third-order valence-electron chi connectivity index (χ3n) is 3.19. The molecule has 0 fully saturated rings. The van der Waals surface area contributed by atoms with Gasteiger partial charge in [0.25, 0.3) is 0 Å². The van der Waals surface area contributed by atoms with Gasteiger partial charge < -0.3 is 0 Å². The molecule has 0 atom stereocenters. The van der Waals surface area contributed by atoms with Gasteiger partial charge in [-0.25, -0.2) is 0 Å². The van der Waals surface area contributed by atoms with Crippen LogP contribution < -0.4 is 0 Å². The highest BCUT2D eigenvalue weighted by atomic mass is 32.1. The molecular formula is C14H23N5S. The van der Waals surface area contributed by atoms with Crippen LogP contribution in [0.25, 0.3) is 11.4 Å². The SMILES string of the molecule is CC(C)(C)N(Cc1cc(-c2nn[nH]n2)cs1)C(C)(C)C. The van der Waals surface area contributed by atoms with Crippen LogP contribution in [0.5, 0.6) is 0 Å². The minimum absolute atomic E-state index is 0.120. The Morgan fingerprint density at radius 3 is 2.30 bits per heavy atom. The molecule has 20 heavy (non-hydrogen) atoms. The Hall–Kier alpha value is -1.27. The Labute approximate surface area is 124 Å². The summed E-state index contributed by atoms with van der Waals surface area (Å²) in [5.41, 5.74) is 1.27. The van der Waals surface area contributed by atoms with Gasteiger partial charge in [0, 0.05) is 33.4 Å². The van der Waals surface area contributed by atoms with Crippen LogP contribution in [-0.4, -0.2) is 36.6 Å². The molecule has 2 aromatic heterocycles. The summed E-state index contributed by atoms with van der Waals surface area (Å²) >= 11 is 1.74. The van der Waals surface area contributed by atoms with Crippen molar-refractivity contribution in [3.05, 3.63) is 16.3 Å². The molecule has 110 valence electrons. The zero-order valence-corrected chi connectivity index (χ0v) is 13.9. The van der Waals surface area contributed by atoms with E-state index in [2.05, 4.69) is 78.5 Å². The summed E-state index contributed by atoms with van der Waals surface area (Å²) in [4.78, 5) is 3.82. The Morgan fingerprint density at radius 2 is 1.80 bits per heavy atom. The molecule has 0 amide bonds. The van der Waals surface area contributed by atoms with Gasteiger partial charge in [-0.15, -0.1) is 21.5 Å². The fourth-order valence-corrected chi connectivity index (χ4v) is 3.35. The molecule has 0 aromatic carbocycles. The van der Waals surface area contributed by atoms with Crippen molar-refractivity contribution in [1.82, 2.24) is 25.5 Å². The van der Waals surface area contributed by atoms with Gasteiger partial charge in [-0.3, -0.25) is 4.90 Å². The van der Waals surface area contributed by atoms with E-state index in [4.69, 9.17) is 0 Å². The van der Waals surface area contributed by atoms with Gasteiger partial charge in [-0.05, 0) is 52.8 Å². The van der Waals surface area contributed by atoms with Crippen LogP contribution in [0.2, 0.25) is 0 Å². The normalized spacial score (nSPS) is 13.2. The predicted octanol–water partition coefficient (Wildman–Crippen LogP) is 3.33. The van der Waals surface area contributed by atoms with Crippen LogP contribution >= 0.6 is 11.3 Å². The summed E-state index contributed by atoms with van der Waals surface area (Å²) in [6.45, 7) is 14.5. The lowest BCUT2D eigenvalue weighted by atomic mass is 9.96. The number of aromatic nitrogens is 4. The van der Waals surface area contributed by atoms with Crippen LogP contribution in [0, 0.1) is 0 Å². The monoisotopic (exact) mass is 293 g/mol. The minimum atomic E-state index is 0.120. The molecule has 0 bridgehead atoms. The Balaban J connectivity index is 2.20. The van der Waals surface area contributed by atoms with E-state index in [0.29, 0.717) is 5.82 Å². The van der Waals surface area contributed by atoms with Crippen molar-refractivity contribution < 1.29 is 0 Å². The average Bonchev–Trinajstić information content (AvgIpc) is 2.93. The number of nitrogens with one attached hydrogen (secondary N) is 1. The lowest BCUT2D eigenvalue weighted by molar-refractivity contribution is 0.0309. The molecule has 0 aliphatic rings. The topological polar surface area (TPSA) is 57.7 Å². The summed E-state index contributed by atoms with van der Waals surface area (Å²) in [5, 5.41) is 16.2. The standard InChI is InChI=1S/C14H23N5S/c1-13(2,3)19(14(4,5)6)8-11-7-10(9-20-11)12-15-17-18-16-12/h7,9H,8H2,1-6H3,(H,15,16,17,18). The molecule has 2 rings (SSSR count). The first-order valence-corrected chi connectivity index (χ1v) is 7.65. The molecular weight excluding hydrogens is 270 g/mol. The molecule has 0 saturated heterocycles. The first-order chi connectivity index (χ1) is 9.18. The number of aromatic amines is 1. The molecule has 0 aliphatic carbocycles. The molecule has 5 nitrogen and oxygen atoms in total. The molecule has 0 saturated carbocycles. The fraction of sp³-hybridized carbons (Fsp3) is 0.643. The molecule has 0 radical (unpaired) electrons. The molecule has 2 aromatic rings. The third kappa shape index (κ3) is 3.43. The second kappa shape index (κ2) is 5.26. The van der Waals surface area contributed by atoms with Gasteiger partial charge in [0.15, 0.2) is 0 Å². The van der Waals surface area contributed by atoms with Gasteiger partial charge in [-0.2, -0.15) is 5.21 Å². The van der Waals surface area contributed by atoms with Crippen LogP contribution in [0.3, 0.4) is 0 Å². The van der Waals surface area contributed by atoms with Gasteiger partial charge in [0.2, 0.25) is 5.82 Å². The number of hydrogen-bond acceptors (Lipinski definition) is 5. The van der Waals surface area contributed by atoms with Crippen LogP contribution in [0.15, 0.2) is 11.4 Å². The van der Waals surface area contributed by atoms with Crippen molar-refractivity contribution in [2.75, 3.05) is 0 Å². The number of nitrogens with zero attached hydrogens (tertiary/aromatic N) is 4. The van der Waals surface area contributed by atoms with E-state index in [1.165, 1.54) is 4.88 Å². The molecule has 0 aliphatic heterocycles. The van der Waals surface area contributed by atoms with Gasteiger partial charge in [0.05, 0.1) is 0 Å². The molecule has 0 spiro atoms. The largest absolute Gasteiger partial charge is 0.289 e. The van der Waals surface area contributed by atoms with Gasteiger partial charge >= 0.3 is 0 Å². The number of thiophene rings is 1. The second-order valence-corrected chi connectivity index (χ2v) is 7.96. The first kappa shape index (κ1) is 15.1. The van der Waals surface area contributed by atoms with E-state index in [9.17, 15) is 0 Å². The summed E-state index contributed by atoms with van der Waals surface area (Å²) in [5.74, 6) is 0.658. The molecule has 2 heterocycles. The van der Waals surface area contributed by atoms with Crippen LogP contribution in [0.1, 0.15) is 46.4 Å². The maximum atomic E-state index is 4.02. The summed E-state index contributed by atoms with van der Waals surface area (Å²) in [6.07, 6.45) is 0. The van der Waals surface area contributed by atoms with Crippen molar-refractivity contribution in [1.29, 1.82) is 0 Å². The van der Waals surface area contributed by atoms with E-state index in [1.807, 2.05) is 0 Å². The molecule has 6 heteroatoms. The number of rotatable bonds is 3.